The van der Waals surface area contributed by atoms with Gasteiger partial charge in [-0.3, -0.25) is 9.89 Å². The van der Waals surface area contributed by atoms with Gasteiger partial charge in [-0.2, -0.15) is 5.10 Å². The number of ether oxygens (including phenoxy) is 1. The summed E-state index contributed by atoms with van der Waals surface area (Å²) in [4.78, 5) is 18.2. The number of nitrogens with zero attached hydrogens (tertiary/aromatic N) is 2. The highest BCUT2D eigenvalue weighted by Crippen LogP contribution is 2.34. The third-order valence-corrected chi connectivity index (χ3v) is 6.00. The fourth-order valence-electron chi connectivity index (χ4n) is 3.04. The Morgan fingerprint density at radius 1 is 1.10 bits per heavy atom. The van der Waals surface area contributed by atoms with Crippen molar-refractivity contribution in [3.63, 3.8) is 0 Å². The second-order valence-corrected chi connectivity index (χ2v) is 8.00. The lowest BCUT2D eigenvalue weighted by Crippen LogP contribution is -2.23. The zero-order valence-electron chi connectivity index (χ0n) is 17.0. The molecular formula is C23H22N4O2S. The molecule has 0 saturated carbocycles. The fourth-order valence-corrected chi connectivity index (χ4v) is 4.07. The number of H-pyrrole nitrogens is 1. The Morgan fingerprint density at radius 3 is 2.53 bits per heavy atom. The minimum absolute atomic E-state index is 0.228. The van der Waals surface area contributed by atoms with Crippen molar-refractivity contribution in [2.75, 3.05) is 7.11 Å². The molecule has 2 N–H and O–H groups in total. The largest absolute Gasteiger partial charge is 0.497 e. The van der Waals surface area contributed by atoms with E-state index in [1.165, 1.54) is 5.56 Å². The number of amides is 1. The molecular weight excluding hydrogens is 396 g/mol. The van der Waals surface area contributed by atoms with Crippen LogP contribution in [0.4, 0.5) is 0 Å². The number of nitrogens with one attached hydrogen (secondary N) is 2. The number of carbonyl (C=O) groups is 1. The first-order valence-corrected chi connectivity index (χ1v) is 10.4. The number of aromatic nitrogens is 3. The van der Waals surface area contributed by atoms with Gasteiger partial charge in [-0.25, -0.2) is 4.98 Å². The first-order chi connectivity index (χ1) is 14.5. The van der Waals surface area contributed by atoms with Crippen molar-refractivity contribution in [2.45, 2.75) is 20.4 Å². The Labute approximate surface area is 179 Å². The molecule has 4 rings (SSSR count). The normalized spacial score (nSPS) is 10.8. The van der Waals surface area contributed by atoms with Crippen LogP contribution in [0.2, 0.25) is 0 Å². The van der Waals surface area contributed by atoms with E-state index in [9.17, 15) is 4.79 Å². The lowest BCUT2D eigenvalue weighted by molar-refractivity contribution is 0.0946. The van der Waals surface area contributed by atoms with Crippen LogP contribution in [0, 0.1) is 13.8 Å². The number of thiazole rings is 1. The number of rotatable bonds is 6. The second-order valence-electron chi connectivity index (χ2n) is 7.00. The number of hydrogen-bond donors (Lipinski definition) is 2. The molecule has 30 heavy (non-hydrogen) atoms. The smallest absolute Gasteiger partial charge is 0.272 e. The van der Waals surface area contributed by atoms with Gasteiger partial charge in [0.2, 0.25) is 0 Å². The van der Waals surface area contributed by atoms with Crippen molar-refractivity contribution < 1.29 is 9.53 Å². The maximum atomic E-state index is 12.5. The quantitative estimate of drug-likeness (QED) is 0.473. The highest BCUT2D eigenvalue weighted by molar-refractivity contribution is 7.18. The third kappa shape index (κ3) is 4.26. The molecule has 0 atom stereocenters. The number of aromatic amines is 1. The average molecular weight is 419 g/mol. The van der Waals surface area contributed by atoms with Gasteiger partial charge < -0.3 is 10.1 Å². The summed E-state index contributed by atoms with van der Waals surface area (Å²) in [5.74, 6) is 0.557. The topological polar surface area (TPSA) is 79.9 Å². The van der Waals surface area contributed by atoms with Crippen LogP contribution in [0.5, 0.6) is 5.75 Å². The zero-order valence-corrected chi connectivity index (χ0v) is 17.8. The highest BCUT2D eigenvalue weighted by Gasteiger charge is 2.16. The minimum atomic E-state index is -0.228. The fraction of sp³-hybridized carbons (Fsp3) is 0.174. The van der Waals surface area contributed by atoms with Crippen molar-refractivity contribution in [1.29, 1.82) is 0 Å². The molecule has 0 spiro atoms. The summed E-state index contributed by atoms with van der Waals surface area (Å²) in [6, 6.07) is 17.6. The zero-order chi connectivity index (χ0) is 21.1. The molecule has 2 aromatic carbocycles. The molecule has 0 saturated heterocycles. The standard InChI is InChI=1S/C23H22N4O2S/c1-14-4-8-17(9-5-14)23-25-15(2)21(30-23)19-12-20(27-26-19)22(28)24-13-16-6-10-18(29-3)11-7-16/h4-12H,13H2,1-3H3,(H,24,28)(H,26,27). The van der Waals surface area contributed by atoms with Crippen molar-refractivity contribution in [1.82, 2.24) is 20.5 Å². The van der Waals surface area contributed by atoms with Crippen molar-refractivity contribution in [3.05, 3.63) is 77.1 Å². The molecule has 2 heterocycles. The van der Waals surface area contributed by atoms with Gasteiger partial charge in [0.15, 0.2) is 5.69 Å². The van der Waals surface area contributed by atoms with Gasteiger partial charge in [0.05, 0.1) is 23.4 Å². The summed E-state index contributed by atoms with van der Waals surface area (Å²) in [5, 5.41) is 11.0. The van der Waals surface area contributed by atoms with E-state index in [0.717, 1.165) is 38.1 Å². The second kappa shape index (κ2) is 8.51. The molecule has 0 bridgehead atoms. The molecule has 152 valence electrons. The number of carbonyl (C=O) groups excluding carboxylic acids is 1. The van der Waals surface area contributed by atoms with Crippen LogP contribution in [0.15, 0.2) is 54.6 Å². The van der Waals surface area contributed by atoms with Gasteiger partial charge in [-0.15, -0.1) is 11.3 Å². The van der Waals surface area contributed by atoms with Gasteiger partial charge in [0.1, 0.15) is 10.8 Å². The van der Waals surface area contributed by atoms with Gasteiger partial charge >= 0.3 is 0 Å². The van der Waals surface area contributed by atoms with Gasteiger partial charge in [-0.05, 0) is 37.6 Å². The first kappa shape index (κ1) is 19.8. The van der Waals surface area contributed by atoms with Gasteiger partial charge in [-0.1, -0.05) is 42.0 Å². The molecule has 7 heteroatoms. The van der Waals surface area contributed by atoms with E-state index in [4.69, 9.17) is 9.72 Å². The average Bonchev–Trinajstić information content (AvgIpc) is 3.40. The maximum Gasteiger partial charge on any atom is 0.272 e. The third-order valence-electron chi connectivity index (χ3n) is 4.76. The number of aryl methyl sites for hydroxylation is 2. The van der Waals surface area contributed by atoms with Crippen LogP contribution < -0.4 is 10.1 Å². The van der Waals surface area contributed by atoms with E-state index in [2.05, 4.69) is 46.7 Å². The molecule has 0 aliphatic carbocycles. The molecule has 0 unspecified atom stereocenters. The van der Waals surface area contributed by atoms with E-state index >= 15 is 0 Å². The van der Waals surface area contributed by atoms with Crippen molar-refractivity contribution in [3.8, 4) is 26.9 Å². The summed E-state index contributed by atoms with van der Waals surface area (Å²) >= 11 is 1.58. The monoisotopic (exact) mass is 418 g/mol. The number of benzene rings is 2. The predicted molar refractivity (Wildman–Crippen MR) is 119 cm³/mol. The van der Waals surface area contributed by atoms with Crippen molar-refractivity contribution in [2.24, 2.45) is 0 Å². The summed E-state index contributed by atoms with van der Waals surface area (Å²) < 4.78 is 5.15. The Morgan fingerprint density at radius 2 is 1.83 bits per heavy atom. The Bertz CT molecular complexity index is 1160. The van der Waals surface area contributed by atoms with Gasteiger partial charge in [0.25, 0.3) is 5.91 Å². The molecule has 1 amide bonds. The number of hydrogen-bond acceptors (Lipinski definition) is 5. The maximum absolute atomic E-state index is 12.5. The molecule has 0 aliphatic rings. The van der Waals surface area contributed by atoms with Crippen LogP contribution in [0.1, 0.15) is 27.3 Å². The summed E-state index contributed by atoms with van der Waals surface area (Å²) in [6.45, 7) is 4.45. The Balaban J connectivity index is 1.46. The van der Waals surface area contributed by atoms with E-state index in [1.54, 1.807) is 24.5 Å². The minimum Gasteiger partial charge on any atom is -0.497 e. The summed E-state index contributed by atoms with van der Waals surface area (Å²) in [6.07, 6.45) is 0. The Kier molecular flexibility index (Phi) is 5.63. The van der Waals surface area contributed by atoms with Crippen LogP contribution in [0.3, 0.4) is 0 Å². The first-order valence-electron chi connectivity index (χ1n) is 9.55. The van der Waals surface area contributed by atoms with Gasteiger partial charge in [0, 0.05) is 12.1 Å². The lowest BCUT2D eigenvalue weighted by atomic mass is 10.2. The Hall–Kier alpha value is -3.45. The number of methoxy groups -OCH3 is 1. The van der Waals surface area contributed by atoms with E-state index in [0.29, 0.717) is 12.2 Å². The van der Waals surface area contributed by atoms with E-state index in [1.807, 2.05) is 31.2 Å². The highest BCUT2D eigenvalue weighted by atomic mass is 32.1. The van der Waals surface area contributed by atoms with Crippen LogP contribution in [-0.4, -0.2) is 28.2 Å². The molecule has 2 aromatic heterocycles. The molecule has 6 nitrogen and oxygen atoms in total. The predicted octanol–water partition coefficient (Wildman–Crippen LogP) is 4.76. The van der Waals surface area contributed by atoms with E-state index in [-0.39, 0.29) is 5.91 Å². The van der Waals surface area contributed by atoms with Crippen LogP contribution >= 0.6 is 11.3 Å². The lowest BCUT2D eigenvalue weighted by Gasteiger charge is -2.04. The van der Waals surface area contributed by atoms with E-state index < -0.39 is 0 Å². The summed E-state index contributed by atoms with van der Waals surface area (Å²) in [5.41, 5.74) is 5.33. The SMILES string of the molecule is COc1ccc(CNC(=O)c2cc(-c3sc(-c4ccc(C)cc4)nc3C)[nH]n2)cc1. The van der Waals surface area contributed by atoms with Crippen LogP contribution in [-0.2, 0) is 6.54 Å². The van der Waals surface area contributed by atoms with Crippen molar-refractivity contribution >= 4 is 17.2 Å². The molecule has 4 aromatic rings. The summed E-state index contributed by atoms with van der Waals surface area (Å²) in [7, 11) is 1.63. The molecule has 0 fully saturated rings. The van der Waals surface area contributed by atoms with Crippen LogP contribution in [0.25, 0.3) is 21.1 Å². The molecule has 0 radical (unpaired) electrons. The molecule has 0 aliphatic heterocycles.